The van der Waals surface area contributed by atoms with Crippen LogP contribution in [0.25, 0.3) is 21.6 Å². The summed E-state index contributed by atoms with van der Waals surface area (Å²) in [5.74, 6) is 1.31. The van der Waals surface area contributed by atoms with Gasteiger partial charge in [-0.2, -0.15) is 0 Å². The lowest BCUT2D eigenvalue weighted by molar-refractivity contribution is 0.0520. The van der Waals surface area contributed by atoms with Crippen LogP contribution < -0.4 is 4.90 Å². The smallest absolute Gasteiger partial charge is 0.357 e. The molecular formula is C22H20N4O2S2. The molecule has 152 valence electrons. The molecule has 0 aliphatic carbocycles. The normalized spacial score (nSPS) is 16.3. The first-order chi connectivity index (χ1) is 14.7. The van der Waals surface area contributed by atoms with Crippen molar-refractivity contribution in [1.29, 1.82) is 0 Å². The Morgan fingerprint density at radius 1 is 1.17 bits per heavy atom. The number of thiophene rings is 1. The van der Waals surface area contributed by atoms with Gasteiger partial charge in [0.1, 0.15) is 10.8 Å². The van der Waals surface area contributed by atoms with E-state index in [0.717, 1.165) is 51.8 Å². The summed E-state index contributed by atoms with van der Waals surface area (Å²) in [5.41, 5.74) is 1.32. The van der Waals surface area contributed by atoms with E-state index in [2.05, 4.69) is 16.0 Å². The molecule has 1 atom stereocenters. The summed E-state index contributed by atoms with van der Waals surface area (Å²) >= 11 is 3.15. The number of thiazole rings is 1. The molecule has 5 rings (SSSR count). The van der Waals surface area contributed by atoms with E-state index < -0.39 is 0 Å². The SMILES string of the molecule is CCOC(=O)c1csc(C2CCCN2c2nc(-c3cccs3)nc3ccccc23)n1. The highest BCUT2D eigenvalue weighted by Gasteiger charge is 2.32. The highest BCUT2D eigenvalue weighted by atomic mass is 32.1. The van der Waals surface area contributed by atoms with Crippen molar-refractivity contribution in [2.24, 2.45) is 0 Å². The fraction of sp³-hybridized carbons (Fsp3) is 0.273. The Labute approximate surface area is 182 Å². The van der Waals surface area contributed by atoms with Gasteiger partial charge in [0, 0.05) is 17.3 Å². The predicted molar refractivity (Wildman–Crippen MR) is 120 cm³/mol. The standard InChI is InChI=1S/C22H20N4O2S2/c1-2-28-22(27)16-13-30-21(24-16)17-9-5-11-26(17)20-14-7-3-4-8-15(14)23-19(25-20)18-10-6-12-29-18/h3-4,6-8,10,12-13,17H,2,5,9,11H2,1H3. The molecule has 0 amide bonds. The van der Waals surface area contributed by atoms with Gasteiger partial charge in [0.05, 0.1) is 23.0 Å². The van der Waals surface area contributed by atoms with Gasteiger partial charge in [-0.3, -0.25) is 0 Å². The molecule has 8 heteroatoms. The Balaban J connectivity index is 1.56. The molecule has 0 bridgehead atoms. The molecule has 1 fully saturated rings. The first-order valence-electron chi connectivity index (χ1n) is 9.94. The molecule has 30 heavy (non-hydrogen) atoms. The molecule has 1 saturated heterocycles. The molecule has 1 aliphatic heterocycles. The third kappa shape index (κ3) is 3.46. The first-order valence-corrected chi connectivity index (χ1v) is 11.7. The van der Waals surface area contributed by atoms with Gasteiger partial charge in [0.25, 0.3) is 0 Å². The van der Waals surface area contributed by atoms with Crippen LogP contribution in [-0.2, 0) is 4.74 Å². The van der Waals surface area contributed by atoms with Crippen molar-refractivity contribution in [3.63, 3.8) is 0 Å². The number of anilines is 1. The number of benzene rings is 1. The number of rotatable bonds is 5. The lowest BCUT2D eigenvalue weighted by Gasteiger charge is -2.25. The highest BCUT2D eigenvalue weighted by Crippen LogP contribution is 2.40. The number of carbonyl (C=O) groups excluding carboxylic acids is 1. The predicted octanol–water partition coefficient (Wildman–Crippen LogP) is 5.33. The Kier molecular flexibility index (Phi) is 5.18. The molecule has 0 spiro atoms. The number of fused-ring (bicyclic) bond motifs is 1. The average Bonchev–Trinajstić information content (AvgIpc) is 3.54. The van der Waals surface area contributed by atoms with Gasteiger partial charge >= 0.3 is 5.97 Å². The number of esters is 1. The van der Waals surface area contributed by atoms with Crippen LogP contribution in [0.3, 0.4) is 0 Å². The number of hydrogen-bond acceptors (Lipinski definition) is 8. The van der Waals surface area contributed by atoms with Gasteiger partial charge in [0.15, 0.2) is 11.5 Å². The largest absolute Gasteiger partial charge is 0.461 e. The minimum absolute atomic E-state index is 0.0904. The summed E-state index contributed by atoms with van der Waals surface area (Å²) in [6, 6.07) is 12.3. The summed E-state index contributed by atoms with van der Waals surface area (Å²) in [6.45, 7) is 3.04. The number of nitrogens with zero attached hydrogens (tertiary/aromatic N) is 4. The zero-order valence-electron chi connectivity index (χ0n) is 16.4. The molecule has 1 unspecified atom stereocenters. The Morgan fingerprint density at radius 3 is 2.90 bits per heavy atom. The second-order valence-electron chi connectivity index (χ2n) is 7.01. The van der Waals surface area contributed by atoms with Gasteiger partial charge in [-0.15, -0.1) is 22.7 Å². The van der Waals surface area contributed by atoms with Crippen molar-refractivity contribution in [2.45, 2.75) is 25.8 Å². The number of ether oxygens (including phenoxy) is 1. The van der Waals surface area contributed by atoms with Gasteiger partial charge in [-0.1, -0.05) is 18.2 Å². The fourth-order valence-corrected chi connectivity index (χ4v) is 5.40. The van der Waals surface area contributed by atoms with Crippen molar-refractivity contribution in [3.05, 3.63) is 57.9 Å². The Morgan fingerprint density at radius 2 is 2.07 bits per heavy atom. The maximum Gasteiger partial charge on any atom is 0.357 e. The first kappa shape index (κ1) is 19.1. The minimum atomic E-state index is -0.364. The third-order valence-electron chi connectivity index (χ3n) is 5.14. The van der Waals surface area contributed by atoms with Crippen LogP contribution in [0, 0.1) is 0 Å². The quantitative estimate of drug-likeness (QED) is 0.394. The van der Waals surface area contributed by atoms with Crippen molar-refractivity contribution < 1.29 is 9.53 Å². The molecule has 0 N–H and O–H groups in total. The summed E-state index contributed by atoms with van der Waals surface area (Å²) in [6.07, 6.45) is 2.02. The van der Waals surface area contributed by atoms with E-state index in [0.29, 0.717) is 12.3 Å². The molecule has 1 aliphatic rings. The molecule has 0 saturated carbocycles. The average molecular weight is 437 g/mol. The third-order valence-corrected chi connectivity index (χ3v) is 6.95. The van der Waals surface area contributed by atoms with Crippen LogP contribution in [-0.4, -0.2) is 34.1 Å². The number of aromatic nitrogens is 3. The minimum Gasteiger partial charge on any atom is -0.461 e. The summed E-state index contributed by atoms with van der Waals surface area (Å²) in [4.78, 5) is 29.8. The molecule has 6 nitrogen and oxygen atoms in total. The Hall–Kier alpha value is -2.84. The molecule has 1 aromatic carbocycles. The second-order valence-corrected chi connectivity index (χ2v) is 8.85. The zero-order chi connectivity index (χ0) is 20.5. The van der Waals surface area contributed by atoms with E-state index in [1.165, 1.54) is 11.3 Å². The van der Waals surface area contributed by atoms with Crippen LogP contribution in [0.5, 0.6) is 0 Å². The molecule has 4 heterocycles. The molecule has 0 radical (unpaired) electrons. The zero-order valence-corrected chi connectivity index (χ0v) is 18.1. The number of para-hydroxylation sites is 1. The monoisotopic (exact) mass is 436 g/mol. The van der Waals surface area contributed by atoms with Crippen LogP contribution in [0.15, 0.2) is 47.2 Å². The second kappa shape index (κ2) is 8.12. The lowest BCUT2D eigenvalue weighted by atomic mass is 10.2. The number of hydrogen-bond donors (Lipinski definition) is 0. The summed E-state index contributed by atoms with van der Waals surface area (Å²) in [7, 11) is 0. The van der Waals surface area contributed by atoms with Crippen molar-refractivity contribution in [2.75, 3.05) is 18.1 Å². The topological polar surface area (TPSA) is 68.2 Å². The van der Waals surface area contributed by atoms with Crippen molar-refractivity contribution in [3.8, 4) is 10.7 Å². The molecule has 3 aromatic heterocycles. The maximum absolute atomic E-state index is 12.1. The van der Waals surface area contributed by atoms with Gasteiger partial charge in [-0.05, 0) is 43.3 Å². The molecule has 4 aromatic rings. The van der Waals surface area contributed by atoms with E-state index in [1.54, 1.807) is 23.6 Å². The van der Waals surface area contributed by atoms with Crippen LogP contribution in [0.2, 0.25) is 0 Å². The number of carbonyl (C=O) groups is 1. The van der Waals surface area contributed by atoms with Crippen LogP contribution in [0.4, 0.5) is 5.82 Å². The van der Waals surface area contributed by atoms with Crippen LogP contribution in [0.1, 0.15) is 41.3 Å². The fourth-order valence-electron chi connectivity index (χ4n) is 3.81. The van der Waals surface area contributed by atoms with E-state index in [4.69, 9.17) is 14.7 Å². The lowest BCUT2D eigenvalue weighted by Crippen LogP contribution is -2.24. The van der Waals surface area contributed by atoms with Crippen LogP contribution >= 0.6 is 22.7 Å². The highest BCUT2D eigenvalue weighted by molar-refractivity contribution is 7.13. The van der Waals surface area contributed by atoms with E-state index in [1.807, 2.05) is 35.7 Å². The summed E-state index contributed by atoms with van der Waals surface area (Å²) < 4.78 is 5.10. The summed E-state index contributed by atoms with van der Waals surface area (Å²) in [5, 5.41) is 5.79. The van der Waals surface area contributed by atoms with Crippen molar-refractivity contribution >= 4 is 45.4 Å². The Bertz CT molecular complexity index is 1190. The maximum atomic E-state index is 12.1. The van der Waals surface area contributed by atoms with E-state index in [-0.39, 0.29) is 12.0 Å². The van der Waals surface area contributed by atoms with E-state index >= 15 is 0 Å². The van der Waals surface area contributed by atoms with E-state index in [9.17, 15) is 4.79 Å². The van der Waals surface area contributed by atoms with Gasteiger partial charge in [0.2, 0.25) is 0 Å². The molecular weight excluding hydrogens is 416 g/mol. The van der Waals surface area contributed by atoms with Gasteiger partial charge < -0.3 is 9.64 Å². The van der Waals surface area contributed by atoms with Gasteiger partial charge in [-0.25, -0.2) is 19.7 Å². The van der Waals surface area contributed by atoms with Crippen molar-refractivity contribution in [1.82, 2.24) is 15.0 Å².